The third-order valence-electron chi connectivity index (χ3n) is 2.57. The normalized spacial score (nSPS) is 11.9. The zero-order valence-corrected chi connectivity index (χ0v) is 14.0. The number of aliphatic hydroxyl groups excluding tert-OH is 1. The van der Waals surface area contributed by atoms with Crippen molar-refractivity contribution in [1.82, 2.24) is 0 Å². The zero-order chi connectivity index (χ0) is 19.1. The quantitative estimate of drug-likeness (QED) is 0.358. The molecule has 0 rings (SSSR count). The minimum atomic E-state index is -2.97. The molecule has 0 amide bonds. The molecule has 0 aromatic heterocycles. The molecule has 134 valence electrons. The highest BCUT2D eigenvalue weighted by molar-refractivity contribution is 5.89. The van der Waals surface area contributed by atoms with Gasteiger partial charge >= 0.3 is 23.9 Å². The minimum Gasteiger partial charge on any atom is -0.447 e. The average Bonchev–Trinajstić information content (AvgIpc) is 2.45. The maximum absolute atomic E-state index is 11.7. The van der Waals surface area contributed by atoms with Gasteiger partial charge in [0.05, 0.1) is 0 Å². The summed E-state index contributed by atoms with van der Waals surface area (Å²) >= 11 is 0. The molecule has 8 nitrogen and oxygen atoms in total. The number of ether oxygens (including phenoxy) is 3. The Morgan fingerprint density at radius 3 is 1.58 bits per heavy atom. The molecule has 0 spiro atoms. The van der Waals surface area contributed by atoms with Gasteiger partial charge < -0.3 is 24.4 Å². The van der Waals surface area contributed by atoms with Gasteiger partial charge in [0.25, 0.3) is 0 Å². The second-order valence-corrected chi connectivity index (χ2v) is 5.16. The Balaban J connectivity index is 5.71. The van der Waals surface area contributed by atoms with Crippen LogP contribution in [0.5, 0.6) is 0 Å². The molecule has 0 fully saturated rings. The van der Waals surface area contributed by atoms with Crippen molar-refractivity contribution in [2.75, 3.05) is 6.61 Å². The number of hydrogen-bond donors (Lipinski definition) is 2. The maximum atomic E-state index is 11.7. The topological polar surface area (TPSA) is 119 Å². The average molecular weight is 342 g/mol. The summed E-state index contributed by atoms with van der Waals surface area (Å²) in [5.74, 6) is -6.10. The molecule has 0 saturated carbocycles. The number of rotatable bonds is 9. The molecule has 0 heterocycles. The van der Waals surface area contributed by atoms with E-state index in [1.807, 2.05) is 0 Å². The number of carbonyl (C=O) groups is 3. The molecule has 24 heavy (non-hydrogen) atoms. The third-order valence-corrected chi connectivity index (χ3v) is 2.57. The van der Waals surface area contributed by atoms with E-state index in [2.05, 4.69) is 19.7 Å². The monoisotopic (exact) mass is 342 g/mol. The van der Waals surface area contributed by atoms with Gasteiger partial charge in [0, 0.05) is 29.7 Å². The van der Waals surface area contributed by atoms with Crippen LogP contribution in [0.3, 0.4) is 0 Å². The first-order chi connectivity index (χ1) is 10.9. The molecule has 0 aliphatic rings. The minimum absolute atomic E-state index is 0.0160. The molecular formula is C16H22O8. The highest BCUT2D eigenvalue weighted by Gasteiger charge is 2.48. The van der Waals surface area contributed by atoms with E-state index < -0.39 is 36.6 Å². The Labute approximate surface area is 140 Å². The maximum Gasteiger partial charge on any atom is 0.413 e. The predicted octanol–water partition coefficient (Wildman–Crippen LogP) is 0.741. The molecule has 0 aromatic rings. The molecule has 0 aromatic carbocycles. The molecule has 2 N–H and O–H groups in total. The molecule has 0 aliphatic carbocycles. The van der Waals surface area contributed by atoms with Gasteiger partial charge in [0.1, 0.15) is 0 Å². The number of carbonyl (C=O) groups excluding carboxylic acids is 3. The van der Waals surface area contributed by atoms with Gasteiger partial charge in [-0.25, -0.2) is 14.4 Å². The van der Waals surface area contributed by atoms with Crippen LogP contribution in [0.25, 0.3) is 0 Å². The van der Waals surface area contributed by atoms with E-state index in [4.69, 9.17) is 19.3 Å². The van der Waals surface area contributed by atoms with E-state index in [-0.39, 0.29) is 23.1 Å². The fraction of sp³-hybridized carbons (Fsp3) is 0.438. The predicted molar refractivity (Wildman–Crippen MR) is 83.2 cm³/mol. The molecular weight excluding hydrogens is 320 g/mol. The van der Waals surface area contributed by atoms with Gasteiger partial charge in [-0.05, 0) is 20.8 Å². The van der Waals surface area contributed by atoms with Crippen molar-refractivity contribution in [3.8, 4) is 0 Å². The fourth-order valence-corrected chi connectivity index (χ4v) is 1.25. The zero-order valence-electron chi connectivity index (χ0n) is 14.0. The van der Waals surface area contributed by atoms with Crippen molar-refractivity contribution in [2.45, 2.75) is 39.3 Å². The third kappa shape index (κ3) is 6.35. The lowest BCUT2D eigenvalue weighted by atomic mass is 10.2. The van der Waals surface area contributed by atoms with E-state index in [0.29, 0.717) is 0 Å². The molecule has 0 bridgehead atoms. The largest absolute Gasteiger partial charge is 0.447 e. The number of esters is 3. The van der Waals surface area contributed by atoms with Crippen LogP contribution in [-0.2, 0) is 28.6 Å². The van der Waals surface area contributed by atoms with Crippen LogP contribution in [0, 0.1) is 0 Å². The highest BCUT2D eigenvalue weighted by atomic mass is 16.9. The summed E-state index contributed by atoms with van der Waals surface area (Å²) in [5.41, 5.74) is -0.222. The summed E-state index contributed by atoms with van der Waals surface area (Å²) in [6.45, 7) is 13.4. The number of aliphatic hydroxyl groups is 2. The molecule has 0 aliphatic heterocycles. The van der Waals surface area contributed by atoms with E-state index in [9.17, 15) is 19.5 Å². The lowest BCUT2D eigenvalue weighted by Gasteiger charge is -2.33. The van der Waals surface area contributed by atoms with E-state index in [1.54, 1.807) is 0 Å². The van der Waals surface area contributed by atoms with Crippen LogP contribution in [0.4, 0.5) is 0 Å². The summed E-state index contributed by atoms with van der Waals surface area (Å²) < 4.78 is 14.4. The Morgan fingerprint density at radius 2 is 1.29 bits per heavy atom. The van der Waals surface area contributed by atoms with Crippen molar-refractivity contribution < 1.29 is 38.8 Å². The van der Waals surface area contributed by atoms with Gasteiger partial charge in [-0.15, -0.1) is 0 Å². The SMILES string of the molecule is C=C(C)C(=O)OC(CCO)C(O)(OC(=O)C(=C)C)OC(=O)C(=C)C. The Hall–Kier alpha value is -2.45. The van der Waals surface area contributed by atoms with Crippen LogP contribution in [0.2, 0.25) is 0 Å². The first-order valence-corrected chi connectivity index (χ1v) is 6.92. The summed E-state index contributed by atoms with van der Waals surface area (Å²) in [4.78, 5) is 35.1. The molecule has 1 unspecified atom stereocenters. The van der Waals surface area contributed by atoms with Crippen molar-refractivity contribution in [3.05, 3.63) is 36.5 Å². The highest BCUT2D eigenvalue weighted by Crippen LogP contribution is 2.24. The molecule has 8 heteroatoms. The fourth-order valence-electron chi connectivity index (χ4n) is 1.25. The number of hydrogen-bond acceptors (Lipinski definition) is 8. The summed E-state index contributed by atoms with van der Waals surface area (Å²) in [7, 11) is 0. The van der Waals surface area contributed by atoms with Crippen molar-refractivity contribution >= 4 is 17.9 Å². The summed E-state index contributed by atoms with van der Waals surface area (Å²) in [5, 5.41) is 19.6. The van der Waals surface area contributed by atoms with E-state index in [0.717, 1.165) is 0 Å². The summed E-state index contributed by atoms with van der Waals surface area (Å²) in [6.07, 6.45) is -2.08. The second-order valence-electron chi connectivity index (χ2n) is 5.16. The van der Waals surface area contributed by atoms with Crippen molar-refractivity contribution in [1.29, 1.82) is 0 Å². The first-order valence-electron chi connectivity index (χ1n) is 6.92. The van der Waals surface area contributed by atoms with Gasteiger partial charge in [0.15, 0.2) is 0 Å². The standard InChI is InChI=1S/C16H22O8/c1-9(2)13(18)22-12(7-8-17)16(21,23-14(19)10(3)4)24-15(20)11(5)6/h12,17,21H,1,3,5,7-8H2,2,4,6H3. The van der Waals surface area contributed by atoms with Gasteiger partial charge in [-0.1, -0.05) is 19.7 Å². The molecule has 0 saturated heterocycles. The van der Waals surface area contributed by atoms with Crippen LogP contribution in [0.15, 0.2) is 36.5 Å². The lowest BCUT2D eigenvalue weighted by Crippen LogP contribution is -2.52. The van der Waals surface area contributed by atoms with E-state index >= 15 is 0 Å². The van der Waals surface area contributed by atoms with Gasteiger partial charge in [0.2, 0.25) is 6.10 Å². The molecule has 1 atom stereocenters. The van der Waals surface area contributed by atoms with Crippen molar-refractivity contribution in [3.63, 3.8) is 0 Å². The van der Waals surface area contributed by atoms with Crippen LogP contribution in [-0.4, -0.2) is 46.8 Å². The van der Waals surface area contributed by atoms with Crippen LogP contribution >= 0.6 is 0 Å². The summed E-state index contributed by atoms with van der Waals surface area (Å²) in [6, 6.07) is 0. The van der Waals surface area contributed by atoms with Crippen molar-refractivity contribution in [2.24, 2.45) is 0 Å². The van der Waals surface area contributed by atoms with Crippen LogP contribution in [0.1, 0.15) is 27.2 Å². The smallest absolute Gasteiger partial charge is 0.413 e. The second kappa shape index (κ2) is 8.99. The first kappa shape index (κ1) is 21.6. The van der Waals surface area contributed by atoms with Gasteiger partial charge in [-0.2, -0.15) is 0 Å². The Bertz CT molecular complexity index is 532. The Kier molecular flexibility index (Phi) is 8.08. The Morgan fingerprint density at radius 1 is 0.917 bits per heavy atom. The molecule has 0 radical (unpaired) electrons. The van der Waals surface area contributed by atoms with Crippen LogP contribution < -0.4 is 0 Å². The van der Waals surface area contributed by atoms with E-state index in [1.165, 1.54) is 20.8 Å². The lowest BCUT2D eigenvalue weighted by molar-refractivity contribution is -0.360. The van der Waals surface area contributed by atoms with Gasteiger partial charge in [-0.3, -0.25) is 0 Å².